The SMILES string of the molecule is COc1ccc(C(=O)OC(C)c2ccc(F)cc2)cc1S(=O)(=O)N1CCCC1. The average molecular weight is 407 g/mol. The van der Waals surface area contributed by atoms with Gasteiger partial charge >= 0.3 is 5.97 Å². The third-order valence-electron chi connectivity index (χ3n) is 4.71. The molecule has 8 heteroatoms. The number of hydrogen-bond donors (Lipinski definition) is 0. The van der Waals surface area contributed by atoms with Crippen molar-refractivity contribution >= 4 is 16.0 Å². The predicted octanol–water partition coefficient (Wildman–Crippen LogP) is 3.54. The van der Waals surface area contributed by atoms with E-state index in [4.69, 9.17) is 9.47 Å². The molecule has 150 valence electrons. The van der Waals surface area contributed by atoms with Crippen molar-refractivity contribution in [2.45, 2.75) is 30.8 Å². The van der Waals surface area contributed by atoms with Crippen LogP contribution >= 0.6 is 0 Å². The third-order valence-corrected chi connectivity index (χ3v) is 6.63. The van der Waals surface area contributed by atoms with Crippen molar-refractivity contribution in [3.8, 4) is 5.75 Å². The Morgan fingerprint density at radius 2 is 1.75 bits per heavy atom. The number of carbonyl (C=O) groups is 1. The van der Waals surface area contributed by atoms with E-state index in [1.54, 1.807) is 6.92 Å². The summed E-state index contributed by atoms with van der Waals surface area (Å²) in [6.07, 6.45) is 0.991. The molecule has 0 aromatic heterocycles. The lowest BCUT2D eigenvalue weighted by atomic mass is 10.1. The minimum atomic E-state index is -3.76. The van der Waals surface area contributed by atoms with Gasteiger partial charge in [0.25, 0.3) is 0 Å². The van der Waals surface area contributed by atoms with Gasteiger partial charge < -0.3 is 9.47 Å². The Morgan fingerprint density at radius 1 is 1.11 bits per heavy atom. The first kappa shape index (κ1) is 20.3. The maximum absolute atomic E-state index is 13.1. The number of esters is 1. The van der Waals surface area contributed by atoms with E-state index in [0.717, 1.165) is 12.8 Å². The Labute approximate surface area is 163 Å². The Bertz CT molecular complexity index is 953. The van der Waals surface area contributed by atoms with Crippen molar-refractivity contribution in [2.24, 2.45) is 0 Å². The van der Waals surface area contributed by atoms with Gasteiger partial charge in [-0.1, -0.05) is 12.1 Å². The van der Waals surface area contributed by atoms with Gasteiger partial charge in [0, 0.05) is 13.1 Å². The fraction of sp³-hybridized carbons (Fsp3) is 0.350. The molecule has 1 unspecified atom stereocenters. The molecule has 0 bridgehead atoms. The molecule has 0 radical (unpaired) electrons. The van der Waals surface area contributed by atoms with E-state index < -0.39 is 22.1 Å². The maximum atomic E-state index is 13.1. The van der Waals surface area contributed by atoms with Crippen molar-refractivity contribution in [3.05, 3.63) is 59.4 Å². The molecule has 0 N–H and O–H groups in total. The molecule has 3 rings (SSSR count). The Morgan fingerprint density at radius 3 is 2.36 bits per heavy atom. The van der Waals surface area contributed by atoms with E-state index in [1.807, 2.05) is 0 Å². The summed E-state index contributed by atoms with van der Waals surface area (Å²) in [5.74, 6) is -0.874. The molecule has 0 aliphatic carbocycles. The summed E-state index contributed by atoms with van der Waals surface area (Å²) in [5.41, 5.74) is 0.737. The fourth-order valence-electron chi connectivity index (χ4n) is 3.10. The van der Waals surface area contributed by atoms with Crippen molar-refractivity contribution in [2.75, 3.05) is 20.2 Å². The number of hydrogen-bond acceptors (Lipinski definition) is 5. The van der Waals surface area contributed by atoms with Crippen LogP contribution in [0.2, 0.25) is 0 Å². The molecule has 1 fully saturated rings. The lowest BCUT2D eigenvalue weighted by molar-refractivity contribution is 0.0337. The molecule has 1 heterocycles. The van der Waals surface area contributed by atoms with Crippen LogP contribution < -0.4 is 4.74 Å². The number of halogens is 1. The Balaban J connectivity index is 1.86. The van der Waals surface area contributed by atoms with Crippen molar-refractivity contribution in [3.63, 3.8) is 0 Å². The van der Waals surface area contributed by atoms with Gasteiger partial charge in [-0.05, 0) is 55.7 Å². The van der Waals surface area contributed by atoms with Crippen molar-refractivity contribution < 1.29 is 27.1 Å². The second-order valence-electron chi connectivity index (χ2n) is 6.58. The quantitative estimate of drug-likeness (QED) is 0.685. The highest BCUT2D eigenvalue weighted by Gasteiger charge is 2.31. The van der Waals surface area contributed by atoms with Crippen LogP contribution in [0, 0.1) is 5.82 Å². The van der Waals surface area contributed by atoms with Crippen LogP contribution in [0.1, 0.15) is 41.8 Å². The minimum absolute atomic E-state index is 0.0548. The highest BCUT2D eigenvalue weighted by molar-refractivity contribution is 7.89. The standard InChI is InChI=1S/C20H22FNO5S/c1-14(15-5-8-17(21)9-6-15)27-20(23)16-7-10-18(26-2)19(13-16)28(24,25)22-11-3-4-12-22/h5-10,13-14H,3-4,11-12H2,1-2H3. The summed E-state index contributed by atoms with van der Waals surface area (Å²) in [4.78, 5) is 12.5. The van der Waals surface area contributed by atoms with E-state index in [0.29, 0.717) is 18.7 Å². The zero-order valence-electron chi connectivity index (χ0n) is 15.7. The summed E-state index contributed by atoms with van der Waals surface area (Å²) >= 11 is 0. The van der Waals surface area contributed by atoms with Crippen LogP contribution in [0.3, 0.4) is 0 Å². The number of nitrogens with zero attached hydrogens (tertiary/aromatic N) is 1. The largest absolute Gasteiger partial charge is 0.495 e. The summed E-state index contributed by atoms with van der Waals surface area (Å²) in [5, 5.41) is 0. The van der Waals surface area contributed by atoms with Crippen LogP contribution in [-0.4, -0.2) is 38.9 Å². The van der Waals surface area contributed by atoms with E-state index in [-0.39, 0.29) is 22.0 Å². The second-order valence-corrected chi connectivity index (χ2v) is 8.48. The molecule has 1 atom stereocenters. The van der Waals surface area contributed by atoms with E-state index >= 15 is 0 Å². The number of ether oxygens (including phenoxy) is 2. The van der Waals surface area contributed by atoms with E-state index in [1.165, 1.54) is 53.9 Å². The summed E-state index contributed by atoms with van der Waals surface area (Å²) in [6, 6.07) is 9.83. The zero-order valence-corrected chi connectivity index (χ0v) is 16.5. The molecule has 28 heavy (non-hydrogen) atoms. The van der Waals surface area contributed by atoms with Crippen LogP contribution in [0.25, 0.3) is 0 Å². The summed E-state index contributed by atoms with van der Waals surface area (Å²) in [7, 11) is -2.38. The lowest BCUT2D eigenvalue weighted by Crippen LogP contribution is -2.28. The number of carbonyl (C=O) groups excluding carboxylic acids is 1. The highest BCUT2D eigenvalue weighted by atomic mass is 32.2. The first-order valence-corrected chi connectivity index (χ1v) is 10.4. The first-order valence-electron chi connectivity index (χ1n) is 8.97. The first-order chi connectivity index (χ1) is 13.3. The van der Waals surface area contributed by atoms with Gasteiger partial charge in [-0.15, -0.1) is 0 Å². The molecule has 1 aliphatic rings. The van der Waals surface area contributed by atoms with E-state index in [9.17, 15) is 17.6 Å². The Kier molecular flexibility index (Phi) is 6.00. The highest BCUT2D eigenvalue weighted by Crippen LogP contribution is 2.30. The van der Waals surface area contributed by atoms with Crippen LogP contribution in [0.4, 0.5) is 4.39 Å². The molecule has 2 aromatic carbocycles. The zero-order chi connectivity index (χ0) is 20.3. The number of rotatable bonds is 6. The molecule has 2 aromatic rings. The van der Waals surface area contributed by atoms with Crippen molar-refractivity contribution in [1.29, 1.82) is 0 Å². The number of sulfonamides is 1. The summed E-state index contributed by atoms with van der Waals surface area (Å²) < 4.78 is 50.9. The Hall–Kier alpha value is -2.45. The lowest BCUT2D eigenvalue weighted by Gasteiger charge is -2.19. The van der Waals surface area contributed by atoms with Crippen LogP contribution in [-0.2, 0) is 14.8 Å². The summed E-state index contributed by atoms with van der Waals surface area (Å²) in [6.45, 7) is 2.56. The molecule has 0 spiro atoms. The van der Waals surface area contributed by atoms with Crippen molar-refractivity contribution in [1.82, 2.24) is 4.31 Å². The van der Waals surface area contributed by atoms with Gasteiger partial charge in [0.05, 0.1) is 12.7 Å². The molecule has 1 saturated heterocycles. The topological polar surface area (TPSA) is 72.9 Å². The number of benzene rings is 2. The van der Waals surface area contributed by atoms with Gasteiger partial charge in [0.1, 0.15) is 22.6 Å². The molecule has 0 saturated carbocycles. The van der Waals surface area contributed by atoms with Crippen LogP contribution in [0.5, 0.6) is 5.75 Å². The van der Waals surface area contributed by atoms with Gasteiger partial charge in [-0.3, -0.25) is 0 Å². The maximum Gasteiger partial charge on any atom is 0.338 e. The fourth-order valence-corrected chi connectivity index (χ4v) is 4.80. The van der Waals surface area contributed by atoms with Crippen LogP contribution in [0.15, 0.2) is 47.4 Å². The molecular formula is C20H22FNO5S. The normalized spacial score (nSPS) is 16.0. The van der Waals surface area contributed by atoms with Gasteiger partial charge in [-0.2, -0.15) is 4.31 Å². The smallest absolute Gasteiger partial charge is 0.338 e. The molecular weight excluding hydrogens is 385 g/mol. The van der Waals surface area contributed by atoms with E-state index in [2.05, 4.69) is 0 Å². The average Bonchev–Trinajstić information content (AvgIpc) is 3.23. The third kappa shape index (κ3) is 4.18. The number of methoxy groups -OCH3 is 1. The molecule has 0 amide bonds. The molecule has 6 nitrogen and oxygen atoms in total. The monoisotopic (exact) mass is 407 g/mol. The predicted molar refractivity (Wildman–Crippen MR) is 101 cm³/mol. The van der Waals surface area contributed by atoms with Gasteiger partial charge in [0.2, 0.25) is 10.0 Å². The van der Waals surface area contributed by atoms with Gasteiger partial charge in [0.15, 0.2) is 0 Å². The second kappa shape index (κ2) is 8.28. The van der Waals surface area contributed by atoms with Gasteiger partial charge in [-0.25, -0.2) is 17.6 Å². The molecule has 1 aliphatic heterocycles. The minimum Gasteiger partial charge on any atom is -0.495 e.